The van der Waals surface area contributed by atoms with E-state index in [0.717, 1.165) is 12.8 Å². The van der Waals surface area contributed by atoms with Gasteiger partial charge in [0, 0.05) is 6.42 Å². The van der Waals surface area contributed by atoms with Gasteiger partial charge in [0.15, 0.2) is 0 Å². The summed E-state index contributed by atoms with van der Waals surface area (Å²) in [7, 11) is 0. The second kappa shape index (κ2) is 19.2. The van der Waals surface area contributed by atoms with Gasteiger partial charge in [0.25, 0.3) is 0 Å². The minimum atomic E-state index is -0.968. The molecule has 0 aliphatic carbocycles. The second-order valence-electron chi connectivity index (χ2n) is 7.77. The molecule has 26 heavy (non-hydrogen) atoms. The van der Waals surface area contributed by atoms with Crippen molar-refractivity contribution in [1.82, 2.24) is 5.32 Å². The van der Waals surface area contributed by atoms with Gasteiger partial charge in [-0.1, -0.05) is 104 Å². The van der Waals surface area contributed by atoms with Crippen LogP contribution in [0.4, 0.5) is 0 Å². The van der Waals surface area contributed by atoms with Crippen LogP contribution in [0.25, 0.3) is 0 Å². The Bertz CT molecular complexity index is 309. The maximum Gasteiger partial charge on any atom is 0.220 e. The molecule has 0 saturated heterocycles. The number of aliphatic hydroxyl groups is 1. The first-order valence-electron chi connectivity index (χ1n) is 11.3. The summed E-state index contributed by atoms with van der Waals surface area (Å²) in [6.07, 6.45) is 20.1. The van der Waals surface area contributed by atoms with Gasteiger partial charge in [-0.05, 0) is 12.8 Å². The van der Waals surface area contributed by atoms with Crippen LogP contribution < -0.4 is 11.1 Å². The van der Waals surface area contributed by atoms with Crippen LogP contribution in [0.15, 0.2) is 0 Å². The molecule has 0 bridgehead atoms. The van der Waals surface area contributed by atoms with E-state index in [1.54, 1.807) is 0 Å². The molecule has 4 N–H and O–H groups in total. The monoisotopic (exact) mass is 370 g/mol. The van der Waals surface area contributed by atoms with E-state index in [9.17, 15) is 9.90 Å². The number of carbonyl (C=O) groups excluding carboxylic acids is 1. The van der Waals surface area contributed by atoms with Crippen LogP contribution in [0.2, 0.25) is 0 Å². The fraction of sp³-hybridized carbons (Fsp3) is 0.955. The summed E-state index contributed by atoms with van der Waals surface area (Å²) < 4.78 is 0. The highest BCUT2D eigenvalue weighted by Crippen LogP contribution is 2.13. The highest BCUT2D eigenvalue weighted by atomic mass is 16.3. The highest BCUT2D eigenvalue weighted by Gasteiger charge is 2.15. The van der Waals surface area contributed by atoms with E-state index in [-0.39, 0.29) is 11.9 Å². The molecule has 0 aliphatic rings. The number of rotatable bonds is 19. The van der Waals surface area contributed by atoms with Crippen molar-refractivity contribution < 1.29 is 9.90 Å². The number of hydrogen-bond acceptors (Lipinski definition) is 3. The van der Waals surface area contributed by atoms with Crippen molar-refractivity contribution in [3.63, 3.8) is 0 Å². The van der Waals surface area contributed by atoms with Crippen LogP contribution in [-0.2, 0) is 4.79 Å². The molecule has 156 valence electrons. The Balaban J connectivity index is 3.25. The summed E-state index contributed by atoms with van der Waals surface area (Å²) in [4.78, 5) is 11.8. The minimum Gasteiger partial charge on any atom is -0.377 e. The first-order valence-corrected chi connectivity index (χ1v) is 11.3. The zero-order valence-electron chi connectivity index (χ0n) is 17.6. The third-order valence-electron chi connectivity index (χ3n) is 5.21. The van der Waals surface area contributed by atoms with Crippen LogP contribution in [0.1, 0.15) is 123 Å². The molecule has 0 spiro atoms. The molecular weight excluding hydrogens is 324 g/mol. The van der Waals surface area contributed by atoms with Crippen LogP contribution >= 0.6 is 0 Å². The molecule has 4 heteroatoms. The van der Waals surface area contributed by atoms with E-state index in [4.69, 9.17) is 5.73 Å². The topological polar surface area (TPSA) is 75.4 Å². The van der Waals surface area contributed by atoms with E-state index >= 15 is 0 Å². The van der Waals surface area contributed by atoms with Gasteiger partial charge in [-0.25, -0.2) is 0 Å². The van der Waals surface area contributed by atoms with Crippen LogP contribution in [-0.4, -0.2) is 23.3 Å². The number of nitrogens with two attached hydrogens (primary N) is 1. The molecule has 0 aromatic heterocycles. The van der Waals surface area contributed by atoms with Crippen molar-refractivity contribution in [2.45, 2.75) is 135 Å². The third kappa shape index (κ3) is 16.8. The molecule has 2 atom stereocenters. The SMILES string of the molecule is CCCCCCCCCCCCCCCCCC(=O)NC(CC)C(N)O. The van der Waals surface area contributed by atoms with Crippen molar-refractivity contribution in [3.05, 3.63) is 0 Å². The fourth-order valence-corrected chi connectivity index (χ4v) is 3.36. The quantitative estimate of drug-likeness (QED) is 0.210. The zero-order valence-corrected chi connectivity index (χ0v) is 17.6. The van der Waals surface area contributed by atoms with E-state index in [0.29, 0.717) is 12.8 Å². The lowest BCUT2D eigenvalue weighted by Gasteiger charge is -2.19. The first kappa shape index (κ1) is 25.4. The normalized spacial score (nSPS) is 13.5. The molecule has 0 heterocycles. The van der Waals surface area contributed by atoms with Crippen LogP contribution in [0.5, 0.6) is 0 Å². The van der Waals surface area contributed by atoms with E-state index in [1.165, 1.54) is 83.5 Å². The average Bonchev–Trinajstić information content (AvgIpc) is 2.62. The van der Waals surface area contributed by atoms with E-state index < -0.39 is 6.23 Å². The predicted molar refractivity (Wildman–Crippen MR) is 112 cm³/mol. The predicted octanol–water partition coefficient (Wildman–Crippen LogP) is 5.42. The summed E-state index contributed by atoms with van der Waals surface area (Å²) in [5.74, 6) is 0.0102. The number of unbranched alkanes of at least 4 members (excludes halogenated alkanes) is 14. The van der Waals surface area contributed by atoms with Gasteiger partial charge in [0.05, 0.1) is 6.04 Å². The molecule has 2 unspecified atom stereocenters. The van der Waals surface area contributed by atoms with Crippen LogP contribution in [0.3, 0.4) is 0 Å². The number of carbonyl (C=O) groups is 1. The van der Waals surface area contributed by atoms with Crippen molar-refractivity contribution in [3.8, 4) is 0 Å². The molecule has 4 nitrogen and oxygen atoms in total. The zero-order chi connectivity index (χ0) is 19.5. The summed E-state index contributed by atoms with van der Waals surface area (Å²) in [6.45, 7) is 4.18. The van der Waals surface area contributed by atoms with E-state index in [1.807, 2.05) is 6.92 Å². The number of aliphatic hydroxyl groups excluding tert-OH is 1. The second-order valence-corrected chi connectivity index (χ2v) is 7.77. The van der Waals surface area contributed by atoms with Gasteiger partial charge < -0.3 is 16.2 Å². The van der Waals surface area contributed by atoms with Gasteiger partial charge in [0.1, 0.15) is 6.23 Å². The maximum atomic E-state index is 11.8. The molecule has 0 aromatic carbocycles. The van der Waals surface area contributed by atoms with E-state index in [2.05, 4.69) is 12.2 Å². The number of hydrogen-bond donors (Lipinski definition) is 3. The molecule has 0 saturated carbocycles. The molecule has 0 aliphatic heterocycles. The minimum absolute atomic E-state index is 0.0102. The smallest absolute Gasteiger partial charge is 0.220 e. The van der Waals surface area contributed by atoms with Gasteiger partial charge in [0.2, 0.25) is 5.91 Å². The Morgan fingerprint density at radius 2 is 1.15 bits per heavy atom. The Morgan fingerprint density at radius 1 is 0.769 bits per heavy atom. The molecule has 0 radical (unpaired) electrons. The van der Waals surface area contributed by atoms with Gasteiger partial charge in [-0.15, -0.1) is 0 Å². The summed E-state index contributed by atoms with van der Waals surface area (Å²) in [5.41, 5.74) is 5.42. The average molecular weight is 371 g/mol. The lowest BCUT2D eigenvalue weighted by Crippen LogP contribution is -2.47. The lowest BCUT2D eigenvalue weighted by molar-refractivity contribution is -0.122. The number of amides is 1. The summed E-state index contributed by atoms with van der Waals surface area (Å²) in [6, 6.07) is -0.321. The van der Waals surface area contributed by atoms with Gasteiger partial charge in [-0.3, -0.25) is 4.79 Å². The van der Waals surface area contributed by atoms with Crippen molar-refractivity contribution in [1.29, 1.82) is 0 Å². The first-order chi connectivity index (χ1) is 12.6. The molecule has 1 amide bonds. The van der Waals surface area contributed by atoms with Crippen LogP contribution in [0, 0.1) is 0 Å². The largest absolute Gasteiger partial charge is 0.377 e. The lowest BCUT2D eigenvalue weighted by atomic mass is 10.0. The third-order valence-corrected chi connectivity index (χ3v) is 5.21. The Kier molecular flexibility index (Phi) is 18.7. The molecule has 0 aromatic rings. The Morgan fingerprint density at radius 3 is 1.50 bits per heavy atom. The summed E-state index contributed by atoms with van der Waals surface area (Å²) >= 11 is 0. The Hall–Kier alpha value is -0.610. The Labute approximate surface area is 162 Å². The van der Waals surface area contributed by atoms with Crippen molar-refractivity contribution in [2.75, 3.05) is 0 Å². The van der Waals surface area contributed by atoms with Crippen molar-refractivity contribution in [2.24, 2.45) is 5.73 Å². The molecular formula is C22H46N2O2. The van der Waals surface area contributed by atoms with Gasteiger partial charge >= 0.3 is 0 Å². The standard InChI is InChI=1S/C22H46N2O2/c1-3-5-6-7-8-9-10-11-12-13-14-15-16-17-18-19-21(25)24-20(4-2)22(23)26/h20,22,26H,3-19,23H2,1-2H3,(H,24,25). The van der Waals surface area contributed by atoms with Gasteiger partial charge in [-0.2, -0.15) is 0 Å². The molecule has 0 rings (SSSR count). The maximum absolute atomic E-state index is 11.8. The highest BCUT2D eigenvalue weighted by molar-refractivity contribution is 5.76. The molecule has 0 fully saturated rings. The summed E-state index contributed by atoms with van der Waals surface area (Å²) in [5, 5.41) is 12.1. The number of nitrogens with one attached hydrogen (secondary N) is 1. The fourth-order valence-electron chi connectivity index (χ4n) is 3.36. The van der Waals surface area contributed by atoms with Crippen molar-refractivity contribution >= 4 is 5.91 Å².